The Balaban J connectivity index is 1.71. The van der Waals surface area contributed by atoms with Crippen molar-refractivity contribution in [3.63, 3.8) is 0 Å². The number of pyridine rings is 1. The molecule has 0 unspecified atom stereocenters. The lowest BCUT2D eigenvalue weighted by atomic mass is 10.1. The number of imidazole rings is 1. The number of benzene rings is 1. The lowest BCUT2D eigenvalue weighted by Gasteiger charge is -2.15. The molecule has 29 heavy (non-hydrogen) atoms. The predicted molar refractivity (Wildman–Crippen MR) is 103 cm³/mol. The summed E-state index contributed by atoms with van der Waals surface area (Å²) in [5, 5.41) is 3.11. The van der Waals surface area contributed by atoms with E-state index in [2.05, 4.69) is 10.3 Å². The SMILES string of the molecule is COCCOc1ccc(C(F)(F)F)cc1NC(=O)CSc1ncc2ccccn12. The van der Waals surface area contributed by atoms with Crippen LogP contribution in [-0.2, 0) is 15.7 Å². The van der Waals surface area contributed by atoms with E-state index in [9.17, 15) is 18.0 Å². The number of anilines is 1. The summed E-state index contributed by atoms with van der Waals surface area (Å²) in [6.07, 6.45) is -1.04. The first-order valence-corrected chi connectivity index (χ1v) is 9.55. The summed E-state index contributed by atoms with van der Waals surface area (Å²) in [4.78, 5) is 16.6. The number of halogens is 3. The van der Waals surface area contributed by atoms with Crippen LogP contribution in [0.5, 0.6) is 5.75 Å². The van der Waals surface area contributed by atoms with E-state index in [-0.39, 0.29) is 30.4 Å². The molecule has 0 radical (unpaired) electrons. The minimum atomic E-state index is -4.53. The summed E-state index contributed by atoms with van der Waals surface area (Å²) < 4.78 is 51.2. The van der Waals surface area contributed by atoms with Gasteiger partial charge in [-0.1, -0.05) is 17.8 Å². The summed E-state index contributed by atoms with van der Waals surface area (Å²) in [7, 11) is 1.48. The molecule has 1 aromatic carbocycles. The van der Waals surface area contributed by atoms with Gasteiger partial charge in [-0.25, -0.2) is 4.98 Å². The number of amides is 1. The summed E-state index contributed by atoms with van der Waals surface area (Å²) in [6, 6.07) is 8.54. The summed E-state index contributed by atoms with van der Waals surface area (Å²) in [6.45, 7) is 0.400. The number of nitrogens with one attached hydrogen (secondary N) is 1. The quantitative estimate of drug-likeness (QED) is 0.435. The zero-order chi connectivity index (χ0) is 20.9. The smallest absolute Gasteiger partial charge is 0.416 e. The molecule has 3 aromatic rings. The van der Waals surface area contributed by atoms with Gasteiger partial charge in [0.05, 0.1) is 35.3 Å². The van der Waals surface area contributed by atoms with E-state index in [0.717, 1.165) is 17.6 Å². The van der Waals surface area contributed by atoms with Crippen LogP contribution in [0.25, 0.3) is 5.52 Å². The van der Waals surface area contributed by atoms with Gasteiger partial charge >= 0.3 is 6.18 Å². The van der Waals surface area contributed by atoms with Gasteiger partial charge in [-0.05, 0) is 30.3 Å². The number of hydrogen-bond donors (Lipinski definition) is 1. The van der Waals surface area contributed by atoms with Crippen molar-refractivity contribution >= 4 is 28.9 Å². The van der Waals surface area contributed by atoms with Gasteiger partial charge in [0.15, 0.2) is 5.16 Å². The molecule has 10 heteroatoms. The van der Waals surface area contributed by atoms with Crippen LogP contribution in [0.4, 0.5) is 18.9 Å². The highest BCUT2D eigenvalue weighted by Gasteiger charge is 2.31. The average molecular weight is 425 g/mol. The fraction of sp³-hybridized carbons (Fsp3) is 0.263. The topological polar surface area (TPSA) is 64.9 Å². The van der Waals surface area contributed by atoms with Crippen LogP contribution in [0.2, 0.25) is 0 Å². The molecule has 0 saturated heterocycles. The molecule has 0 saturated carbocycles. The second-order valence-electron chi connectivity index (χ2n) is 5.92. The van der Waals surface area contributed by atoms with Gasteiger partial charge in [0.25, 0.3) is 0 Å². The van der Waals surface area contributed by atoms with Gasteiger partial charge in [0, 0.05) is 13.3 Å². The zero-order valence-electron chi connectivity index (χ0n) is 15.4. The van der Waals surface area contributed by atoms with Gasteiger partial charge in [-0.15, -0.1) is 0 Å². The van der Waals surface area contributed by atoms with Crippen molar-refractivity contribution in [1.82, 2.24) is 9.38 Å². The van der Waals surface area contributed by atoms with E-state index in [1.807, 2.05) is 28.8 Å². The third kappa shape index (κ3) is 5.42. The average Bonchev–Trinajstić information content (AvgIpc) is 3.10. The van der Waals surface area contributed by atoms with Gasteiger partial charge < -0.3 is 14.8 Å². The number of alkyl halides is 3. The fourth-order valence-electron chi connectivity index (χ4n) is 2.51. The van der Waals surface area contributed by atoms with E-state index in [1.54, 1.807) is 6.20 Å². The highest BCUT2D eigenvalue weighted by molar-refractivity contribution is 7.99. The summed E-state index contributed by atoms with van der Waals surface area (Å²) in [5.74, 6) is -0.361. The second kappa shape index (κ2) is 9.19. The minimum Gasteiger partial charge on any atom is -0.489 e. The third-order valence-electron chi connectivity index (χ3n) is 3.86. The van der Waals surface area contributed by atoms with Crippen LogP contribution < -0.4 is 10.1 Å². The van der Waals surface area contributed by atoms with Crippen LogP contribution >= 0.6 is 11.8 Å². The number of rotatable bonds is 8. The van der Waals surface area contributed by atoms with Gasteiger partial charge in [-0.2, -0.15) is 13.2 Å². The van der Waals surface area contributed by atoms with Crippen LogP contribution in [0.3, 0.4) is 0 Å². The van der Waals surface area contributed by atoms with Crippen molar-refractivity contribution in [2.75, 3.05) is 31.4 Å². The van der Waals surface area contributed by atoms with Crippen molar-refractivity contribution in [3.05, 3.63) is 54.4 Å². The van der Waals surface area contributed by atoms with Crippen molar-refractivity contribution in [2.24, 2.45) is 0 Å². The molecule has 0 atom stereocenters. The number of hydrogen-bond acceptors (Lipinski definition) is 5. The first-order valence-electron chi connectivity index (χ1n) is 8.56. The monoisotopic (exact) mass is 425 g/mol. The van der Waals surface area contributed by atoms with Crippen molar-refractivity contribution in [3.8, 4) is 5.75 Å². The number of thioether (sulfide) groups is 1. The Hall–Kier alpha value is -2.72. The maximum Gasteiger partial charge on any atom is 0.416 e. The van der Waals surface area contributed by atoms with Crippen LogP contribution in [0, 0.1) is 0 Å². The maximum atomic E-state index is 13.0. The molecular formula is C19H18F3N3O3S. The van der Waals surface area contributed by atoms with Gasteiger partial charge in [0.2, 0.25) is 5.91 Å². The zero-order valence-corrected chi connectivity index (χ0v) is 16.2. The maximum absolute atomic E-state index is 13.0. The van der Waals surface area contributed by atoms with E-state index < -0.39 is 17.6 Å². The number of fused-ring (bicyclic) bond motifs is 1. The molecule has 0 bridgehead atoms. The molecule has 6 nitrogen and oxygen atoms in total. The lowest BCUT2D eigenvalue weighted by Crippen LogP contribution is -2.17. The predicted octanol–water partition coefficient (Wildman–Crippen LogP) is 4.11. The highest BCUT2D eigenvalue weighted by atomic mass is 32.2. The minimum absolute atomic E-state index is 0.0260. The summed E-state index contributed by atoms with van der Waals surface area (Å²) >= 11 is 1.18. The molecule has 1 amide bonds. The Morgan fingerprint density at radius 3 is 2.83 bits per heavy atom. The number of ether oxygens (including phenoxy) is 2. The van der Waals surface area contributed by atoms with Gasteiger partial charge in [0.1, 0.15) is 12.4 Å². The number of carbonyl (C=O) groups is 1. The molecule has 154 valence electrons. The van der Waals surface area contributed by atoms with E-state index in [1.165, 1.54) is 24.9 Å². The largest absolute Gasteiger partial charge is 0.489 e. The third-order valence-corrected chi connectivity index (χ3v) is 4.83. The Labute approximate surface area is 169 Å². The normalized spacial score (nSPS) is 11.6. The first kappa shape index (κ1) is 21.0. The number of nitrogens with zero attached hydrogens (tertiary/aromatic N) is 2. The molecule has 0 aliphatic rings. The van der Waals surface area contributed by atoms with E-state index >= 15 is 0 Å². The highest BCUT2D eigenvalue weighted by Crippen LogP contribution is 2.35. The van der Waals surface area contributed by atoms with Gasteiger partial charge in [-0.3, -0.25) is 9.20 Å². The number of methoxy groups -OCH3 is 1. The van der Waals surface area contributed by atoms with Crippen molar-refractivity contribution < 1.29 is 27.4 Å². The molecule has 1 N–H and O–H groups in total. The Bertz CT molecular complexity index is 991. The Morgan fingerprint density at radius 1 is 1.24 bits per heavy atom. The molecular weight excluding hydrogens is 407 g/mol. The molecule has 0 fully saturated rings. The Morgan fingerprint density at radius 2 is 2.07 bits per heavy atom. The molecule has 0 spiro atoms. The van der Waals surface area contributed by atoms with E-state index in [4.69, 9.17) is 9.47 Å². The number of aromatic nitrogens is 2. The molecule has 0 aliphatic carbocycles. The number of carbonyl (C=O) groups excluding carboxylic acids is 1. The molecule has 2 heterocycles. The van der Waals surface area contributed by atoms with Crippen LogP contribution in [-0.4, -0.2) is 41.4 Å². The Kier molecular flexibility index (Phi) is 6.65. The van der Waals surface area contributed by atoms with Crippen LogP contribution in [0.1, 0.15) is 5.56 Å². The van der Waals surface area contributed by atoms with Crippen LogP contribution in [0.15, 0.2) is 53.9 Å². The summed E-state index contributed by atoms with van der Waals surface area (Å²) in [5.41, 5.74) is -0.0459. The van der Waals surface area contributed by atoms with Crippen molar-refractivity contribution in [1.29, 1.82) is 0 Å². The lowest BCUT2D eigenvalue weighted by molar-refractivity contribution is -0.137. The molecule has 2 aromatic heterocycles. The van der Waals surface area contributed by atoms with E-state index in [0.29, 0.717) is 5.16 Å². The van der Waals surface area contributed by atoms with Crippen molar-refractivity contribution in [2.45, 2.75) is 11.3 Å². The molecule has 0 aliphatic heterocycles. The fourth-order valence-corrected chi connectivity index (χ4v) is 3.27. The first-order chi connectivity index (χ1) is 13.9. The second-order valence-corrected chi connectivity index (χ2v) is 6.87. The molecule has 3 rings (SSSR count). The standard InChI is InChI=1S/C19H18F3N3O3S/c1-27-8-9-28-16-6-5-13(19(20,21)22)10-15(16)24-17(26)12-29-18-23-11-14-4-2-3-7-25(14)18/h2-7,10-11H,8-9,12H2,1H3,(H,24,26).